The van der Waals surface area contributed by atoms with E-state index in [2.05, 4.69) is 19.3 Å². The standard InChI is InChI=1S/C8H16OS/c1-3-10(2)8-6-4-5-7-9-8/h6,10H,3-5,7H2,1-2H3. The van der Waals surface area contributed by atoms with Crippen LogP contribution in [0.5, 0.6) is 0 Å². The highest BCUT2D eigenvalue weighted by molar-refractivity contribution is 8.19. The van der Waals surface area contributed by atoms with E-state index in [4.69, 9.17) is 4.74 Å². The minimum absolute atomic E-state index is 0.0424. The molecular weight excluding hydrogens is 144 g/mol. The van der Waals surface area contributed by atoms with E-state index >= 15 is 0 Å². The molecule has 0 aromatic carbocycles. The Morgan fingerprint density at radius 2 is 2.50 bits per heavy atom. The van der Waals surface area contributed by atoms with Crippen molar-refractivity contribution in [2.45, 2.75) is 19.8 Å². The molecule has 0 saturated heterocycles. The second-order valence-electron chi connectivity index (χ2n) is 2.55. The lowest BCUT2D eigenvalue weighted by atomic mass is 10.3. The zero-order valence-electron chi connectivity index (χ0n) is 6.76. The maximum Gasteiger partial charge on any atom is 0.129 e. The van der Waals surface area contributed by atoms with Crippen molar-refractivity contribution in [3.63, 3.8) is 0 Å². The van der Waals surface area contributed by atoms with Gasteiger partial charge in [-0.15, -0.1) is 0 Å². The Balaban J connectivity index is 2.44. The number of ether oxygens (including phenoxy) is 1. The maximum absolute atomic E-state index is 5.52. The van der Waals surface area contributed by atoms with Gasteiger partial charge in [0.2, 0.25) is 0 Å². The molecule has 1 aliphatic rings. The normalized spacial score (nSPS) is 23.0. The van der Waals surface area contributed by atoms with Gasteiger partial charge in [-0.1, -0.05) is 6.92 Å². The van der Waals surface area contributed by atoms with Gasteiger partial charge in [-0.2, -0.15) is 10.9 Å². The molecule has 1 atom stereocenters. The summed E-state index contributed by atoms with van der Waals surface area (Å²) in [5, 5.41) is 1.28. The summed E-state index contributed by atoms with van der Waals surface area (Å²) >= 11 is 0. The Morgan fingerprint density at radius 3 is 3.00 bits per heavy atom. The van der Waals surface area contributed by atoms with Gasteiger partial charge < -0.3 is 4.74 Å². The van der Waals surface area contributed by atoms with Crippen molar-refractivity contribution in [1.29, 1.82) is 0 Å². The van der Waals surface area contributed by atoms with Crippen molar-refractivity contribution >= 4 is 10.9 Å². The monoisotopic (exact) mass is 160 g/mol. The van der Waals surface area contributed by atoms with Crippen molar-refractivity contribution in [3.8, 4) is 0 Å². The topological polar surface area (TPSA) is 9.23 Å². The summed E-state index contributed by atoms with van der Waals surface area (Å²) in [6.45, 7) is 3.17. The summed E-state index contributed by atoms with van der Waals surface area (Å²) in [6.07, 6.45) is 6.98. The van der Waals surface area contributed by atoms with E-state index in [1.54, 1.807) is 0 Å². The van der Waals surface area contributed by atoms with Crippen LogP contribution in [0.25, 0.3) is 0 Å². The van der Waals surface area contributed by atoms with E-state index in [1.807, 2.05) is 0 Å². The molecule has 0 fully saturated rings. The molecule has 0 spiro atoms. The minimum atomic E-state index is 0.0424. The third-order valence-corrected chi connectivity index (χ3v) is 3.78. The van der Waals surface area contributed by atoms with E-state index in [0.29, 0.717) is 0 Å². The average Bonchev–Trinajstić information content (AvgIpc) is 2.05. The molecule has 0 N–H and O–H groups in total. The molecule has 1 nitrogen and oxygen atoms in total. The van der Waals surface area contributed by atoms with Crippen LogP contribution in [0.1, 0.15) is 19.8 Å². The predicted octanol–water partition coefficient (Wildman–Crippen LogP) is 2.29. The van der Waals surface area contributed by atoms with E-state index < -0.39 is 0 Å². The molecule has 0 radical (unpaired) electrons. The molecule has 1 rings (SSSR count). The smallest absolute Gasteiger partial charge is 0.129 e. The van der Waals surface area contributed by atoms with Gasteiger partial charge in [0.15, 0.2) is 0 Å². The first-order valence-corrected chi connectivity index (χ1v) is 5.86. The summed E-state index contributed by atoms with van der Waals surface area (Å²) in [4.78, 5) is 0. The van der Waals surface area contributed by atoms with Crippen molar-refractivity contribution < 1.29 is 4.74 Å². The van der Waals surface area contributed by atoms with Gasteiger partial charge in [-0.05, 0) is 30.9 Å². The maximum atomic E-state index is 5.52. The fourth-order valence-electron chi connectivity index (χ4n) is 0.966. The average molecular weight is 160 g/mol. The van der Waals surface area contributed by atoms with Crippen LogP contribution < -0.4 is 0 Å². The first-order valence-electron chi connectivity index (χ1n) is 3.88. The molecule has 0 amide bonds. The number of rotatable bonds is 2. The number of allylic oxidation sites excluding steroid dienone is 1. The third kappa shape index (κ3) is 1.94. The minimum Gasteiger partial charge on any atom is -0.489 e. The molecular formula is C8H16OS. The van der Waals surface area contributed by atoms with Crippen LogP contribution in [0, 0.1) is 0 Å². The second-order valence-corrected chi connectivity index (χ2v) is 5.02. The number of hydrogen-bond donors (Lipinski definition) is 1. The zero-order chi connectivity index (χ0) is 7.40. The highest BCUT2D eigenvalue weighted by Crippen LogP contribution is 2.33. The van der Waals surface area contributed by atoms with Crippen LogP contribution >= 0.6 is 10.9 Å². The molecule has 1 aliphatic heterocycles. The van der Waals surface area contributed by atoms with Gasteiger partial charge in [-0.3, -0.25) is 0 Å². The highest BCUT2D eigenvalue weighted by atomic mass is 32.2. The fourth-order valence-corrected chi connectivity index (χ4v) is 2.03. The Labute approximate surface area is 65.8 Å². The Hall–Kier alpha value is -0.110. The van der Waals surface area contributed by atoms with Crippen molar-refractivity contribution in [3.05, 3.63) is 11.2 Å². The first kappa shape index (κ1) is 7.99. The quantitative estimate of drug-likeness (QED) is 0.610. The molecule has 10 heavy (non-hydrogen) atoms. The van der Waals surface area contributed by atoms with Crippen LogP contribution in [0.2, 0.25) is 0 Å². The molecule has 2 heteroatoms. The van der Waals surface area contributed by atoms with Gasteiger partial charge in [0.1, 0.15) is 5.09 Å². The van der Waals surface area contributed by atoms with Crippen LogP contribution in [-0.2, 0) is 4.74 Å². The SMILES string of the molecule is CC[SH](C)C1=CCCCO1. The van der Waals surface area contributed by atoms with Gasteiger partial charge in [0, 0.05) is 0 Å². The molecule has 1 unspecified atom stereocenters. The van der Waals surface area contributed by atoms with Gasteiger partial charge >= 0.3 is 0 Å². The van der Waals surface area contributed by atoms with Crippen molar-refractivity contribution in [2.24, 2.45) is 0 Å². The Morgan fingerprint density at radius 1 is 1.70 bits per heavy atom. The lowest BCUT2D eigenvalue weighted by Crippen LogP contribution is -2.01. The van der Waals surface area contributed by atoms with E-state index in [-0.39, 0.29) is 10.9 Å². The predicted molar refractivity (Wildman–Crippen MR) is 48.7 cm³/mol. The molecule has 0 aliphatic carbocycles. The van der Waals surface area contributed by atoms with Gasteiger partial charge in [0.25, 0.3) is 0 Å². The lowest BCUT2D eigenvalue weighted by molar-refractivity contribution is 0.219. The summed E-state index contributed by atoms with van der Waals surface area (Å²) in [5.41, 5.74) is 0. The van der Waals surface area contributed by atoms with Gasteiger partial charge in [-0.25, -0.2) is 0 Å². The lowest BCUT2D eigenvalue weighted by Gasteiger charge is -2.21. The summed E-state index contributed by atoms with van der Waals surface area (Å²) in [7, 11) is 0.0424. The largest absolute Gasteiger partial charge is 0.489 e. The molecule has 0 aromatic rings. The molecule has 60 valence electrons. The Kier molecular flexibility index (Phi) is 3.13. The van der Waals surface area contributed by atoms with Crippen LogP contribution in [0.4, 0.5) is 0 Å². The molecule has 1 heterocycles. The summed E-state index contributed by atoms with van der Waals surface area (Å²) in [6, 6.07) is 0. The Bertz CT molecular complexity index is 131. The van der Waals surface area contributed by atoms with Crippen LogP contribution in [0.15, 0.2) is 11.2 Å². The van der Waals surface area contributed by atoms with Crippen molar-refractivity contribution in [2.75, 3.05) is 18.6 Å². The second kappa shape index (κ2) is 3.91. The third-order valence-electron chi connectivity index (χ3n) is 1.77. The summed E-state index contributed by atoms with van der Waals surface area (Å²) in [5.74, 6) is 1.25. The fraction of sp³-hybridized carbons (Fsp3) is 0.750. The molecule has 0 bridgehead atoms. The zero-order valence-corrected chi connectivity index (χ0v) is 7.66. The number of hydrogen-bond acceptors (Lipinski definition) is 1. The van der Waals surface area contributed by atoms with Crippen LogP contribution in [0.3, 0.4) is 0 Å². The first-order chi connectivity index (χ1) is 4.84. The summed E-state index contributed by atoms with van der Waals surface area (Å²) < 4.78 is 5.52. The number of thiol groups is 1. The van der Waals surface area contributed by atoms with Gasteiger partial charge in [0.05, 0.1) is 6.61 Å². The van der Waals surface area contributed by atoms with Crippen molar-refractivity contribution in [1.82, 2.24) is 0 Å². The van der Waals surface area contributed by atoms with E-state index in [0.717, 1.165) is 6.61 Å². The highest BCUT2D eigenvalue weighted by Gasteiger charge is 2.06. The molecule has 0 aromatic heterocycles. The van der Waals surface area contributed by atoms with E-state index in [9.17, 15) is 0 Å². The van der Waals surface area contributed by atoms with E-state index in [1.165, 1.54) is 23.7 Å². The molecule has 0 saturated carbocycles. The van der Waals surface area contributed by atoms with Crippen LogP contribution in [-0.4, -0.2) is 18.6 Å².